The van der Waals surface area contributed by atoms with Gasteiger partial charge in [0.15, 0.2) is 0 Å². The minimum atomic E-state index is 0.0394. The predicted octanol–water partition coefficient (Wildman–Crippen LogP) is 1.52. The first-order chi connectivity index (χ1) is 6.66. The zero-order valence-corrected chi connectivity index (χ0v) is 8.67. The molecule has 0 bridgehead atoms. The van der Waals surface area contributed by atoms with E-state index in [1.807, 2.05) is 31.2 Å². The van der Waals surface area contributed by atoms with Crippen molar-refractivity contribution < 1.29 is 4.79 Å². The first-order valence-electron chi connectivity index (χ1n) is 4.48. The Labute approximate surface area is 87.1 Å². The van der Waals surface area contributed by atoms with E-state index in [0.717, 1.165) is 11.3 Å². The zero-order chi connectivity index (χ0) is 10.1. The number of carbonyl (C=O) groups excluding carboxylic acids is 1. The lowest BCUT2D eigenvalue weighted by Crippen LogP contribution is -2.22. The fourth-order valence-corrected chi connectivity index (χ4v) is 2.48. The summed E-state index contributed by atoms with van der Waals surface area (Å²) < 4.78 is 0. The average Bonchev–Trinajstić information content (AvgIpc) is 2.48. The Morgan fingerprint density at radius 1 is 1.36 bits per heavy atom. The number of hydrogen-bond acceptors (Lipinski definition) is 3. The van der Waals surface area contributed by atoms with Crippen LogP contribution < -0.4 is 11.1 Å². The summed E-state index contributed by atoms with van der Waals surface area (Å²) in [5.41, 5.74) is 7.43. The van der Waals surface area contributed by atoms with Crippen LogP contribution in [0.2, 0.25) is 0 Å². The van der Waals surface area contributed by atoms with Gasteiger partial charge in [0.05, 0.1) is 5.25 Å². The van der Waals surface area contributed by atoms with Gasteiger partial charge < -0.3 is 11.1 Å². The van der Waals surface area contributed by atoms with E-state index >= 15 is 0 Å². The second-order valence-electron chi connectivity index (χ2n) is 3.33. The van der Waals surface area contributed by atoms with Crippen molar-refractivity contribution in [2.75, 3.05) is 5.73 Å². The Kier molecular flexibility index (Phi) is 2.37. The number of benzene rings is 1. The molecular formula is C10H12N2OS. The second-order valence-corrected chi connectivity index (χ2v) is 4.78. The van der Waals surface area contributed by atoms with E-state index in [2.05, 4.69) is 5.32 Å². The van der Waals surface area contributed by atoms with Crippen LogP contribution in [0.1, 0.15) is 17.9 Å². The Morgan fingerprint density at radius 3 is 2.50 bits per heavy atom. The largest absolute Gasteiger partial charge is 0.399 e. The number of amides is 1. The standard InChI is InChI=1S/C10H12N2OS/c1-6-9(13)12-10(14-6)7-2-4-8(11)5-3-7/h2-6,10H,11H2,1H3,(H,12,13)/t6-,10-/m1/s1. The summed E-state index contributed by atoms with van der Waals surface area (Å²) in [6, 6.07) is 7.60. The van der Waals surface area contributed by atoms with Crippen molar-refractivity contribution in [3.63, 3.8) is 0 Å². The molecule has 0 aromatic heterocycles. The maximum absolute atomic E-state index is 11.3. The molecular weight excluding hydrogens is 196 g/mol. The number of rotatable bonds is 1. The molecule has 14 heavy (non-hydrogen) atoms. The van der Waals surface area contributed by atoms with E-state index in [1.54, 1.807) is 11.8 Å². The average molecular weight is 208 g/mol. The van der Waals surface area contributed by atoms with E-state index in [-0.39, 0.29) is 16.5 Å². The highest BCUT2D eigenvalue weighted by molar-refractivity contribution is 8.01. The molecule has 0 radical (unpaired) electrons. The third-order valence-electron chi connectivity index (χ3n) is 2.22. The molecule has 2 rings (SSSR count). The highest BCUT2D eigenvalue weighted by atomic mass is 32.2. The lowest BCUT2D eigenvalue weighted by atomic mass is 10.2. The molecule has 1 amide bonds. The highest BCUT2D eigenvalue weighted by Crippen LogP contribution is 2.35. The normalized spacial score (nSPS) is 26.2. The number of nitrogen functional groups attached to an aromatic ring is 1. The van der Waals surface area contributed by atoms with E-state index in [9.17, 15) is 4.79 Å². The van der Waals surface area contributed by atoms with E-state index in [4.69, 9.17) is 5.73 Å². The minimum Gasteiger partial charge on any atom is -0.399 e. The quantitative estimate of drug-likeness (QED) is 0.688. The van der Waals surface area contributed by atoms with Crippen molar-refractivity contribution >= 4 is 23.4 Å². The molecule has 1 fully saturated rings. The van der Waals surface area contributed by atoms with Crippen molar-refractivity contribution in [3.05, 3.63) is 29.8 Å². The summed E-state index contributed by atoms with van der Waals surface area (Å²) in [5.74, 6) is 0.108. The van der Waals surface area contributed by atoms with Crippen LogP contribution in [0, 0.1) is 0 Å². The van der Waals surface area contributed by atoms with E-state index < -0.39 is 0 Å². The van der Waals surface area contributed by atoms with E-state index in [0.29, 0.717) is 0 Å². The van der Waals surface area contributed by atoms with Crippen molar-refractivity contribution in [2.24, 2.45) is 0 Å². The van der Waals surface area contributed by atoms with Crippen LogP contribution >= 0.6 is 11.8 Å². The number of nitrogens with two attached hydrogens (primary N) is 1. The van der Waals surface area contributed by atoms with Crippen LogP contribution in [0.5, 0.6) is 0 Å². The van der Waals surface area contributed by atoms with Crippen LogP contribution in [0.15, 0.2) is 24.3 Å². The Bertz CT molecular complexity index is 350. The summed E-state index contributed by atoms with van der Waals surface area (Å²) in [6.07, 6.45) is 0. The Hall–Kier alpha value is -1.16. The molecule has 0 spiro atoms. The van der Waals surface area contributed by atoms with Gasteiger partial charge in [-0.15, -0.1) is 11.8 Å². The molecule has 1 aromatic carbocycles. The van der Waals surface area contributed by atoms with Gasteiger partial charge >= 0.3 is 0 Å². The molecule has 1 saturated heterocycles. The highest BCUT2D eigenvalue weighted by Gasteiger charge is 2.29. The SMILES string of the molecule is C[C@H]1S[C@H](c2ccc(N)cc2)NC1=O. The molecule has 1 aliphatic heterocycles. The molecule has 2 atom stereocenters. The molecule has 0 saturated carbocycles. The van der Waals surface area contributed by atoms with Gasteiger partial charge in [0, 0.05) is 5.69 Å². The van der Waals surface area contributed by atoms with Crippen molar-refractivity contribution in [1.29, 1.82) is 0 Å². The first-order valence-corrected chi connectivity index (χ1v) is 5.42. The van der Waals surface area contributed by atoms with Gasteiger partial charge in [-0.2, -0.15) is 0 Å². The van der Waals surface area contributed by atoms with Gasteiger partial charge in [0.2, 0.25) is 5.91 Å². The third kappa shape index (κ3) is 1.70. The summed E-state index contributed by atoms with van der Waals surface area (Å²) in [7, 11) is 0. The van der Waals surface area contributed by atoms with Gasteiger partial charge in [-0.25, -0.2) is 0 Å². The lowest BCUT2D eigenvalue weighted by Gasteiger charge is -2.09. The molecule has 1 aromatic rings. The van der Waals surface area contributed by atoms with E-state index in [1.165, 1.54) is 0 Å². The fourth-order valence-electron chi connectivity index (χ4n) is 1.38. The maximum Gasteiger partial charge on any atom is 0.234 e. The number of nitrogens with one attached hydrogen (secondary N) is 1. The molecule has 3 nitrogen and oxygen atoms in total. The first kappa shape index (κ1) is 9.40. The van der Waals surface area contributed by atoms with Crippen LogP contribution in [-0.4, -0.2) is 11.2 Å². The van der Waals surface area contributed by atoms with Gasteiger partial charge in [0.25, 0.3) is 0 Å². The minimum absolute atomic E-state index is 0.0394. The van der Waals surface area contributed by atoms with Crippen LogP contribution in [-0.2, 0) is 4.79 Å². The smallest absolute Gasteiger partial charge is 0.234 e. The van der Waals surface area contributed by atoms with Gasteiger partial charge in [0.1, 0.15) is 5.37 Å². The van der Waals surface area contributed by atoms with Gasteiger partial charge in [-0.1, -0.05) is 12.1 Å². The molecule has 4 heteroatoms. The number of thioether (sulfide) groups is 1. The van der Waals surface area contributed by atoms with Gasteiger partial charge in [-0.05, 0) is 24.6 Å². The third-order valence-corrected chi connectivity index (χ3v) is 3.51. The zero-order valence-electron chi connectivity index (χ0n) is 7.86. The maximum atomic E-state index is 11.3. The fraction of sp³-hybridized carbons (Fsp3) is 0.300. The van der Waals surface area contributed by atoms with Gasteiger partial charge in [-0.3, -0.25) is 4.79 Å². The Balaban J connectivity index is 2.17. The van der Waals surface area contributed by atoms with Crippen LogP contribution in [0.4, 0.5) is 5.69 Å². The topological polar surface area (TPSA) is 55.1 Å². The molecule has 0 unspecified atom stereocenters. The predicted molar refractivity (Wildman–Crippen MR) is 58.8 cm³/mol. The van der Waals surface area contributed by atoms with Crippen LogP contribution in [0.3, 0.4) is 0 Å². The summed E-state index contributed by atoms with van der Waals surface area (Å²) >= 11 is 1.63. The summed E-state index contributed by atoms with van der Waals surface area (Å²) in [4.78, 5) is 11.3. The molecule has 1 aliphatic rings. The molecule has 74 valence electrons. The molecule has 0 aliphatic carbocycles. The summed E-state index contributed by atoms with van der Waals surface area (Å²) in [5, 5.41) is 3.04. The lowest BCUT2D eigenvalue weighted by molar-refractivity contribution is -0.119. The number of carbonyl (C=O) groups is 1. The monoisotopic (exact) mass is 208 g/mol. The summed E-state index contributed by atoms with van der Waals surface area (Å²) in [6.45, 7) is 1.91. The van der Waals surface area contributed by atoms with Crippen molar-refractivity contribution in [3.8, 4) is 0 Å². The van der Waals surface area contributed by atoms with Crippen molar-refractivity contribution in [1.82, 2.24) is 5.32 Å². The Morgan fingerprint density at radius 2 is 2.00 bits per heavy atom. The second kappa shape index (κ2) is 3.53. The number of anilines is 1. The molecule has 1 heterocycles. The molecule has 3 N–H and O–H groups in total. The van der Waals surface area contributed by atoms with Crippen LogP contribution in [0.25, 0.3) is 0 Å². The number of hydrogen-bond donors (Lipinski definition) is 2. The van der Waals surface area contributed by atoms with Crippen molar-refractivity contribution in [2.45, 2.75) is 17.5 Å².